The van der Waals surface area contributed by atoms with Gasteiger partial charge in [-0.15, -0.1) is 0 Å². The fourth-order valence-corrected chi connectivity index (χ4v) is 3.10. The number of anilines is 1. The van der Waals surface area contributed by atoms with Gasteiger partial charge >= 0.3 is 12.0 Å². The Morgan fingerprint density at radius 3 is 2.48 bits per heavy atom. The highest BCUT2D eigenvalue weighted by atomic mass is 35.5. The largest absolute Gasteiger partial charge is 0.462 e. The standard InChI is InChI=1S/C18H19ClN2O5S/c1-2-3-11-26-17(22)13-5-4-6-15(12-13)20-18(23)21-27(24,25)16-9-7-14(19)8-10-16/h4-10,12H,2-3,11H2,1H3,(H2,20,21,23). The van der Waals surface area contributed by atoms with Crippen molar-refractivity contribution in [3.05, 3.63) is 59.1 Å². The summed E-state index contributed by atoms with van der Waals surface area (Å²) in [5, 5.41) is 2.75. The zero-order valence-electron chi connectivity index (χ0n) is 14.6. The normalized spacial score (nSPS) is 10.9. The number of unbranched alkanes of at least 4 members (excludes halogenated alkanes) is 1. The third-order valence-electron chi connectivity index (χ3n) is 3.44. The number of nitrogens with one attached hydrogen (secondary N) is 2. The predicted octanol–water partition coefficient (Wildman–Crippen LogP) is 3.81. The van der Waals surface area contributed by atoms with Gasteiger partial charge in [-0.2, -0.15) is 0 Å². The molecule has 2 aromatic rings. The van der Waals surface area contributed by atoms with Crippen LogP contribution in [0.5, 0.6) is 0 Å². The van der Waals surface area contributed by atoms with Gasteiger partial charge in [0.05, 0.1) is 17.1 Å². The van der Waals surface area contributed by atoms with Crippen LogP contribution in [0.1, 0.15) is 30.1 Å². The topological polar surface area (TPSA) is 102 Å². The fourth-order valence-electron chi connectivity index (χ4n) is 2.07. The summed E-state index contributed by atoms with van der Waals surface area (Å²) in [5.41, 5.74) is 0.508. The van der Waals surface area contributed by atoms with Gasteiger partial charge in [-0.25, -0.2) is 22.7 Å². The number of hydrogen-bond acceptors (Lipinski definition) is 5. The van der Waals surface area contributed by atoms with Gasteiger partial charge in [0.1, 0.15) is 0 Å². The summed E-state index contributed by atoms with van der Waals surface area (Å²) in [6, 6.07) is 10.4. The number of urea groups is 1. The maximum Gasteiger partial charge on any atom is 0.338 e. The van der Waals surface area contributed by atoms with Crippen molar-refractivity contribution in [2.24, 2.45) is 0 Å². The van der Waals surface area contributed by atoms with Gasteiger partial charge in [-0.05, 0) is 48.9 Å². The van der Waals surface area contributed by atoms with Crippen LogP contribution in [0.3, 0.4) is 0 Å². The van der Waals surface area contributed by atoms with Crippen LogP contribution in [-0.4, -0.2) is 27.0 Å². The molecule has 0 fully saturated rings. The Balaban J connectivity index is 2.02. The summed E-state index contributed by atoms with van der Waals surface area (Å²) in [6.07, 6.45) is 1.66. The molecule has 0 radical (unpaired) electrons. The van der Waals surface area contributed by atoms with E-state index in [0.29, 0.717) is 11.6 Å². The van der Waals surface area contributed by atoms with Gasteiger partial charge in [0.15, 0.2) is 0 Å². The molecule has 0 saturated heterocycles. The van der Waals surface area contributed by atoms with E-state index in [0.717, 1.165) is 12.8 Å². The minimum Gasteiger partial charge on any atom is -0.462 e. The summed E-state index contributed by atoms with van der Waals surface area (Å²) in [5.74, 6) is -0.513. The lowest BCUT2D eigenvalue weighted by Gasteiger charge is -2.10. The van der Waals surface area contributed by atoms with Crippen molar-refractivity contribution in [2.75, 3.05) is 11.9 Å². The molecule has 0 spiro atoms. The van der Waals surface area contributed by atoms with Crippen molar-refractivity contribution in [3.63, 3.8) is 0 Å². The summed E-state index contributed by atoms with van der Waals surface area (Å²) in [7, 11) is -4.05. The van der Waals surface area contributed by atoms with Crippen molar-refractivity contribution in [3.8, 4) is 0 Å². The molecular weight excluding hydrogens is 392 g/mol. The molecule has 0 aliphatic rings. The van der Waals surface area contributed by atoms with E-state index in [9.17, 15) is 18.0 Å². The highest BCUT2D eigenvalue weighted by Gasteiger charge is 2.18. The van der Waals surface area contributed by atoms with Crippen LogP contribution in [-0.2, 0) is 14.8 Å². The van der Waals surface area contributed by atoms with Gasteiger partial charge in [0.2, 0.25) is 0 Å². The molecule has 144 valence electrons. The molecule has 9 heteroatoms. The Labute approximate surface area is 162 Å². The zero-order valence-corrected chi connectivity index (χ0v) is 16.1. The molecule has 0 atom stereocenters. The van der Waals surface area contributed by atoms with E-state index in [1.165, 1.54) is 36.4 Å². The van der Waals surface area contributed by atoms with Crippen LogP contribution < -0.4 is 10.0 Å². The average Bonchev–Trinajstić information content (AvgIpc) is 2.62. The molecular formula is C18H19ClN2O5S. The second kappa shape index (κ2) is 9.38. The molecule has 0 aliphatic heterocycles. The minimum absolute atomic E-state index is 0.102. The number of benzene rings is 2. The van der Waals surface area contributed by atoms with Crippen LogP contribution in [0.25, 0.3) is 0 Å². The van der Waals surface area contributed by atoms with Crippen LogP contribution in [0.4, 0.5) is 10.5 Å². The quantitative estimate of drug-likeness (QED) is 0.533. The van der Waals surface area contributed by atoms with E-state index < -0.39 is 22.0 Å². The van der Waals surface area contributed by atoms with Gasteiger partial charge < -0.3 is 10.1 Å². The Bertz CT molecular complexity index is 914. The van der Waals surface area contributed by atoms with E-state index in [-0.39, 0.29) is 16.1 Å². The number of esters is 1. The van der Waals surface area contributed by atoms with Crippen LogP contribution in [0, 0.1) is 0 Å². The molecule has 27 heavy (non-hydrogen) atoms. The molecule has 0 aliphatic carbocycles. The SMILES string of the molecule is CCCCOC(=O)c1cccc(NC(=O)NS(=O)(=O)c2ccc(Cl)cc2)c1. The average molecular weight is 411 g/mol. The van der Waals surface area contributed by atoms with Gasteiger partial charge in [-0.3, -0.25) is 0 Å². The van der Waals surface area contributed by atoms with E-state index in [2.05, 4.69) is 5.32 Å². The number of carbonyl (C=O) groups is 2. The van der Waals surface area contributed by atoms with Crippen molar-refractivity contribution in [2.45, 2.75) is 24.7 Å². The van der Waals surface area contributed by atoms with Gasteiger partial charge in [0.25, 0.3) is 10.0 Å². The first-order chi connectivity index (χ1) is 12.8. The third kappa shape index (κ3) is 6.26. The minimum atomic E-state index is -4.05. The number of carbonyl (C=O) groups excluding carboxylic acids is 2. The van der Waals surface area contributed by atoms with Crippen molar-refractivity contribution < 1.29 is 22.7 Å². The molecule has 0 heterocycles. The van der Waals surface area contributed by atoms with Crippen LogP contribution >= 0.6 is 11.6 Å². The molecule has 7 nitrogen and oxygen atoms in total. The Kier molecular flexibility index (Phi) is 7.20. The molecule has 0 saturated carbocycles. The van der Waals surface area contributed by atoms with E-state index >= 15 is 0 Å². The highest BCUT2D eigenvalue weighted by Crippen LogP contribution is 2.15. The second-order valence-corrected chi connectivity index (χ2v) is 7.70. The number of halogens is 1. The monoisotopic (exact) mass is 410 g/mol. The Morgan fingerprint density at radius 2 is 1.81 bits per heavy atom. The number of sulfonamides is 1. The molecule has 2 aromatic carbocycles. The maximum atomic E-state index is 12.2. The van der Waals surface area contributed by atoms with Crippen molar-refractivity contribution in [1.82, 2.24) is 4.72 Å². The molecule has 0 unspecified atom stereocenters. The van der Waals surface area contributed by atoms with Crippen molar-refractivity contribution in [1.29, 1.82) is 0 Å². The van der Waals surface area contributed by atoms with E-state index in [4.69, 9.17) is 16.3 Å². The first kappa shape index (κ1) is 20.7. The fraction of sp³-hybridized carbons (Fsp3) is 0.222. The predicted molar refractivity (Wildman–Crippen MR) is 102 cm³/mol. The smallest absolute Gasteiger partial charge is 0.338 e. The summed E-state index contributed by atoms with van der Waals surface area (Å²) in [6.45, 7) is 2.29. The molecule has 0 aromatic heterocycles. The summed E-state index contributed by atoms with van der Waals surface area (Å²) in [4.78, 5) is 23.9. The zero-order chi connectivity index (χ0) is 19.9. The second-order valence-electron chi connectivity index (χ2n) is 5.58. The van der Waals surface area contributed by atoms with Gasteiger partial charge in [-0.1, -0.05) is 31.0 Å². The lowest BCUT2D eigenvalue weighted by Crippen LogP contribution is -2.34. The Hall–Kier alpha value is -2.58. The molecule has 2 rings (SSSR count). The molecule has 0 bridgehead atoms. The highest BCUT2D eigenvalue weighted by molar-refractivity contribution is 7.90. The summed E-state index contributed by atoms with van der Waals surface area (Å²) < 4.78 is 31.4. The lowest BCUT2D eigenvalue weighted by molar-refractivity contribution is 0.0499. The third-order valence-corrected chi connectivity index (χ3v) is 5.04. The summed E-state index contributed by atoms with van der Waals surface area (Å²) >= 11 is 5.72. The van der Waals surface area contributed by atoms with Gasteiger partial charge in [0, 0.05) is 10.7 Å². The number of rotatable bonds is 7. The van der Waals surface area contributed by atoms with Crippen molar-refractivity contribution >= 4 is 39.3 Å². The van der Waals surface area contributed by atoms with Crippen LogP contribution in [0.15, 0.2) is 53.4 Å². The first-order valence-electron chi connectivity index (χ1n) is 8.18. The number of hydrogen-bond donors (Lipinski definition) is 2. The van der Waals surface area contributed by atoms with Crippen LogP contribution in [0.2, 0.25) is 5.02 Å². The number of amides is 2. The maximum absolute atomic E-state index is 12.2. The molecule has 2 amide bonds. The first-order valence-corrected chi connectivity index (χ1v) is 10.0. The van der Waals surface area contributed by atoms with E-state index in [1.54, 1.807) is 12.1 Å². The molecule has 2 N–H and O–H groups in total. The van der Waals surface area contributed by atoms with E-state index in [1.807, 2.05) is 11.6 Å². The Morgan fingerprint density at radius 1 is 1.11 bits per heavy atom. The number of ether oxygens (including phenoxy) is 1. The lowest BCUT2D eigenvalue weighted by atomic mass is 10.2.